The van der Waals surface area contributed by atoms with Crippen molar-refractivity contribution in [1.29, 1.82) is 0 Å². The van der Waals surface area contributed by atoms with Crippen molar-refractivity contribution in [3.05, 3.63) is 59.2 Å². The molecule has 1 unspecified atom stereocenters. The van der Waals surface area contributed by atoms with Crippen molar-refractivity contribution in [2.75, 3.05) is 45.3 Å². The molecule has 1 fully saturated rings. The first-order chi connectivity index (χ1) is 14.2. The van der Waals surface area contributed by atoms with Crippen LogP contribution < -0.4 is 15.8 Å². The molecule has 0 radical (unpaired) electrons. The lowest BCUT2D eigenvalue weighted by atomic mass is 10.0. The van der Waals surface area contributed by atoms with Crippen LogP contribution in [0.25, 0.3) is 0 Å². The SMILES string of the molecule is COc1ccc(C(CN=C(N)Nc2ccc3c(c2)CCC3)N2CCOCC2)cc1.I. The van der Waals surface area contributed by atoms with Gasteiger partial charge in [-0.2, -0.15) is 0 Å². The lowest BCUT2D eigenvalue weighted by Crippen LogP contribution is -2.40. The second kappa shape index (κ2) is 11.0. The highest BCUT2D eigenvalue weighted by molar-refractivity contribution is 14.0. The van der Waals surface area contributed by atoms with Crippen molar-refractivity contribution in [3.63, 3.8) is 0 Å². The molecule has 0 amide bonds. The van der Waals surface area contributed by atoms with E-state index in [0.717, 1.165) is 44.2 Å². The van der Waals surface area contributed by atoms with Crippen LogP contribution in [0.5, 0.6) is 5.75 Å². The van der Waals surface area contributed by atoms with E-state index in [0.29, 0.717) is 12.5 Å². The largest absolute Gasteiger partial charge is 0.497 e. The fraction of sp³-hybridized carbons (Fsp3) is 0.435. The maximum Gasteiger partial charge on any atom is 0.193 e. The molecule has 0 spiro atoms. The van der Waals surface area contributed by atoms with Crippen LogP contribution >= 0.6 is 24.0 Å². The molecule has 1 saturated heterocycles. The number of ether oxygens (including phenoxy) is 2. The number of anilines is 1. The third-order valence-corrected chi connectivity index (χ3v) is 5.79. The highest BCUT2D eigenvalue weighted by Crippen LogP contribution is 2.26. The summed E-state index contributed by atoms with van der Waals surface area (Å²) in [5.74, 6) is 1.31. The van der Waals surface area contributed by atoms with E-state index in [1.165, 1.54) is 29.5 Å². The molecule has 1 aliphatic heterocycles. The molecule has 1 aliphatic carbocycles. The number of aryl methyl sites for hydroxylation is 2. The Morgan fingerprint density at radius 1 is 1.13 bits per heavy atom. The zero-order chi connectivity index (χ0) is 20.1. The number of benzene rings is 2. The molecule has 1 atom stereocenters. The number of nitrogens with one attached hydrogen (secondary N) is 1. The molecule has 0 saturated carbocycles. The molecule has 3 N–H and O–H groups in total. The molecule has 1 heterocycles. The van der Waals surface area contributed by atoms with Crippen molar-refractivity contribution >= 4 is 35.6 Å². The van der Waals surface area contributed by atoms with Crippen LogP contribution in [0.1, 0.15) is 29.2 Å². The van der Waals surface area contributed by atoms with Crippen LogP contribution in [0, 0.1) is 0 Å². The molecule has 6 nitrogen and oxygen atoms in total. The second-order valence-corrected chi connectivity index (χ2v) is 7.63. The van der Waals surface area contributed by atoms with Crippen LogP contribution in [0.4, 0.5) is 5.69 Å². The van der Waals surface area contributed by atoms with E-state index in [9.17, 15) is 0 Å². The van der Waals surface area contributed by atoms with E-state index in [-0.39, 0.29) is 30.0 Å². The molecule has 7 heteroatoms. The van der Waals surface area contributed by atoms with Gasteiger partial charge in [0.1, 0.15) is 5.75 Å². The predicted molar refractivity (Wildman–Crippen MR) is 132 cm³/mol. The Labute approximate surface area is 195 Å². The van der Waals surface area contributed by atoms with Crippen LogP contribution in [0.2, 0.25) is 0 Å². The third-order valence-electron chi connectivity index (χ3n) is 5.79. The number of rotatable bonds is 6. The smallest absolute Gasteiger partial charge is 0.193 e. The molecule has 4 rings (SSSR count). The van der Waals surface area contributed by atoms with Gasteiger partial charge >= 0.3 is 0 Å². The van der Waals surface area contributed by atoms with Crippen molar-refractivity contribution in [2.45, 2.75) is 25.3 Å². The van der Waals surface area contributed by atoms with Gasteiger partial charge < -0.3 is 20.5 Å². The maximum absolute atomic E-state index is 6.23. The fourth-order valence-electron chi connectivity index (χ4n) is 4.17. The van der Waals surface area contributed by atoms with Gasteiger partial charge in [-0.3, -0.25) is 9.89 Å². The quantitative estimate of drug-likeness (QED) is 0.345. The van der Waals surface area contributed by atoms with Gasteiger partial charge in [-0.25, -0.2) is 0 Å². The van der Waals surface area contributed by atoms with E-state index >= 15 is 0 Å². The number of halogens is 1. The number of morpholine rings is 1. The van der Waals surface area contributed by atoms with Crippen LogP contribution in [-0.2, 0) is 17.6 Å². The molecular formula is C23H31IN4O2. The van der Waals surface area contributed by atoms with Crippen LogP contribution in [0.3, 0.4) is 0 Å². The second-order valence-electron chi connectivity index (χ2n) is 7.63. The van der Waals surface area contributed by atoms with Gasteiger partial charge in [0.05, 0.1) is 32.9 Å². The fourth-order valence-corrected chi connectivity index (χ4v) is 4.17. The van der Waals surface area contributed by atoms with Crippen molar-refractivity contribution in [2.24, 2.45) is 10.7 Å². The van der Waals surface area contributed by atoms with Gasteiger partial charge in [0.25, 0.3) is 0 Å². The Morgan fingerprint density at radius 3 is 2.60 bits per heavy atom. The summed E-state index contributed by atoms with van der Waals surface area (Å²) >= 11 is 0. The number of hydrogen-bond acceptors (Lipinski definition) is 4. The minimum absolute atomic E-state index is 0. The zero-order valence-electron chi connectivity index (χ0n) is 17.5. The normalized spacial score (nSPS) is 17.7. The van der Waals surface area contributed by atoms with Crippen molar-refractivity contribution in [1.82, 2.24) is 4.90 Å². The molecule has 2 aliphatic rings. The number of methoxy groups -OCH3 is 1. The lowest BCUT2D eigenvalue weighted by Gasteiger charge is -2.34. The van der Waals surface area contributed by atoms with Crippen molar-refractivity contribution < 1.29 is 9.47 Å². The summed E-state index contributed by atoms with van der Waals surface area (Å²) in [4.78, 5) is 7.09. The first-order valence-electron chi connectivity index (χ1n) is 10.4. The summed E-state index contributed by atoms with van der Waals surface area (Å²) in [6, 6.07) is 14.9. The van der Waals surface area contributed by atoms with E-state index in [1.807, 2.05) is 12.1 Å². The number of guanidine groups is 1. The third kappa shape index (κ3) is 5.65. The summed E-state index contributed by atoms with van der Waals surface area (Å²) in [5, 5.41) is 3.26. The topological polar surface area (TPSA) is 72.1 Å². The molecule has 162 valence electrons. The Balaban J connectivity index is 0.00000256. The highest BCUT2D eigenvalue weighted by Gasteiger charge is 2.22. The highest BCUT2D eigenvalue weighted by atomic mass is 127. The first-order valence-corrected chi connectivity index (χ1v) is 10.4. The van der Waals surface area contributed by atoms with E-state index in [4.69, 9.17) is 15.2 Å². The standard InChI is InChI=1S/C23H30N4O2.HI/c1-28-21-9-6-18(7-10-21)22(27-11-13-29-14-12-27)16-25-23(24)26-20-8-5-17-3-2-4-19(17)15-20;/h5-10,15,22H,2-4,11-14,16H2,1H3,(H3,24,25,26);1H. The maximum atomic E-state index is 6.23. The number of nitrogens with zero attached hydrogens (tertiary/aromatic N) is 2. The summed E-state index contributed by atoms with van der Waals surface area (Å²) in [5.41, 5.74) is 11.3. The minimum atomic E-state index is 0. The van der Waals surface area contributed by atoms with Crippen molar-refractivity contribution in [3.8, 4) is 5.75 Å². The van der Waals surface area contributed by atoms with Crippen LogP contribution in [-0.4, -0.2) is 50.8 Å². The van der Waals surface area contributed by atoms with Crippen LogP contribution in [0.15, 0.2) is 47.5 Å². The van der Waals surface area contributed by atoms with Gasteiger partial charge in [0.2, 0.25) is 0 Å². The summed E-state index contributed by atoms with van der Waals surface area (Å²) in [6.07, 6.45) is 3.58. The average molecular weight is 522 g/mol. The van der Waals surface area contributed by atoms with E-state index < -0.39 is 0 Å². The monoisotopic (exact) mass is 522 g/mol. The molecular weight excluding hydrogens is 491 g/mol. The molecule has 2 aromatic rings. The minimum Gasteiger partial charge on any atom is -0.497 e. The van der Waals surface area contributed by atoms with Gasteiger partial charge in [-0.05, 0) is 60.2 Å². The van der Waals surface area contributed by atoms with Gasteiger partial charge in [-0.1, -0.05) is 18.2 Å². The van der Waals surface area contributed by atoms with Gasteiger partial charge in [-0.15, -0.1) is 24.0 Å². The molecule has 30 heavy (non-hydrogen) atoms. The van der Waals surface area contributed by atoms with E-state index in [2.05, 4.69) is 45.5 Å². The summed E-state index contributed by atoms with van der Waals surface area (Å²) in [6.45, 7) is 3.88. The Morgan fingerprint density at radius 2 is 1.87 bits per heavy atom. The first kappa shape index (κ1) is 22.8. The Bertz CT molecular complexity index is 851. The Hall–Kier alpha value is -1.84. The summed E-state index contributed by atoms with van der Waals surface area (Å²) < 4.78 is 10.8. The zero-order valence-corrected chi connectivity index (χ0v) is 19.8. The predicted octanol–water partition coefficient (Wildman–Crippen LogP) is 3.60. The number of aliphatic imine (C=N–C) groups is 1. The average Bonchev–Trinajstić information content (AvgIpc) is 3.23. The Kier molecular flexibility index (Phi) is 8.35. The van der Waals surface area contributed by atoms with E-state index in [1.54, 1.807) is 7.11 Å². The number of fused-ring (bicyclic) bond motifs is 1. The molecule has 0 aromatic heterocycles. The summed E-state index contributed by atoms with van der Waals surface area (Å²) in [7, 11) is 1.68. The number of hydrogen-bond donors (Lipinski definition) is 2. The molecule has 2 aromatic carbocycles. The van der Waals surface area contributed by atoms with Gasteiger partial charge in [0, 0.05) is 18.8 Å². The lowest BCUT2D eigenvalue weighted by molar-refractivity contribution is 0.0180. The van der Waals surface area contributed by atoms with Gasteiger partial charge in [0.15, 0.2) is 5.96 Å². The number of nitrogens with two attached hydrogens (primary N) is 1. The molecule has 0 bridgehead atoms.